The summed E-state index contributed by atoms with van der Waals surface area (Å²) in [4.78, 5) is 35.1. The molecule has 0 radical (unpaired) electrons. The van der Waals surface area contributed by atoms with Gasteiger partial charge in [-0.3, -0.25) is 14.4 Å². The number of ether oxygens (including phenoxy) is 1. The SMILES string of the molecule is CC(C)CNC(=O)COC(=O)[C@@H](C)SCC(=O)Nc1ccc(F)cc1. The Bertz CT molecular complexity index is 593. The molecule has 1 rings (SSSR count). The Hall–Kier alpha value is -2.09. The van der Waals surface area contributed by atoms with Crippen LogP contribution in [0.25, 0.3) is 0 Å². The Balaban J connectivity index is 2.26. The van der Waals surface area contributed by atoms with Crippen molar-refractivity contribution in [2.24, 2.45) is 5.92 Å². The zero-order chi connectivity index (χ0) is 18.8. The predicted octanol–water partition coefficient (Wildman–Crippen LogP) is 2.20. The number of nitrogens with one attached hydrogen (secondary N) is 2. The van der Waals surface area contributed by atoms with Gasteiger partial charge in [0.1, 0.15) is 11.1 Å². The largest absolute Gasteiger partial charge is 0.455 e. The Kier molecular flexibility index (Phi) is 8.98. The first-order chi connectivity index (χ1) is 11.8. The average Bonchev–Trinajstić information content (AvgIpc) is 2.57. The molecule has 0 fully saturated rings. The summed E-state index contributed by atoms with van der Waals surface area (Å²) in [5.74, 6) is -1.26. The molecule has 0 spiro atoms. The molecule has 0 aliphatic rings. The van der Waals surface area contributed by atoms with Crippen molar-refractivity contribution >= 4 is 35.2 Å². The maximum Gasteiger partial charge on any atom is 0.319 e. The number of thioether (sulfide) groups is 1. The lowest BCUT2D eigenvalue weighted by atomic mass is 10.2. The number of rotatable bonds is 9. The van der Waals surface area contributed by atoms with Crippen LogP contribution in [-0.4, -0.2) is 41.9 Å². The molecule has 6 nitrogen and oxygen atoms in total. The van der Waals surface area contributed by atoms with E-state index in [4.69, 9.17) is 4.74 Å². The molecule has 138 valence electrons. The number of benzene rings is 1. The number of carbonyl (C=O) groups is 3. The fourth-order valence-electron chi connectivity index (χ4n) is 1.62. The van der Waals surface area contributed by atoms with Crippen LogP contribution < -0.4 is 10.6 Å². The highest BCUT2D eigenvalue weighted by Crippen LogP contribution is 2.14. The summed E-state index contributed by atoms with van der Waals surface area (Å²) < 4.78 is 17.7. The van der Waals surface area contributed by atoms with E-state index in [0.717, 1.165) is 11.8 Å². The maximum atomic E-state index is 12.8. The molecule has 2 N–H and O–H groups in total. The number of hydrogen-bond acceptors (Lipinski definition) is 5. The van der Waals surface area contributed by atoms with Crippen molar-refractivity contribution in [3.8, 4) is 0 Å². The van der Waals surface area contributed by atoms with Crippen molar-refractivity contribution in [3.05, 3.63) is 30.1 Å². The molecule has 1 atom stereocenters. The minimum absolute atomic E-state index is 0.0349. The molecule has 25 heavy (non-hydrogen) atoms. The smallest absolute Gasteiger partial charge is 0.319 e. The molecule has 0 aliphatic heterocycles. The second-order valence-corrected chi connectivity index (χ2v) is 7.14. The van der Waals surface area contributed by atoms with E-state index in [-0.39, 0.29) is 30.0 Å². The van der Waals surface area contributed by atoms with Crippen molar-refractivity contribution in [2.75, 3.05) is 24.2 Å². The van der Waals surface area contributed by atoms with Crippen molar-refractivity contribution in [1.29, 1.82) is 0 Å². The molecule has 0 unspecified atom stereocenters. The Morgan fingerprint density at radius 1 is 1.12 bits per heavy atom. The zero-order valence-electron chi connectivity index (χ0n) is 14.5. The van der Waals surface area contributed by atoms with E-state index in [1.165, 1.54) is 24.3 Å². The van der Waals surface area contributed by atoms with Gasteiger partial charge in [0.25, 0.3) is 5.91 Å². The second-order valence-electron chi connectivity index (χ2n) is 5.81. The second kappa shape index (κ2) is 10.7. The van der Waals surface area contributed by atoms with Crippen LogP contribution in [0.5, 0.6) is 0 Å². The third-order valence-corrected chi connectivity index (χ3v) is 4.10. The van der Waals surface area contributed by atoms with E-state index in [1.807, 2.05) is 13.8 Å². The first-order valence-corrected chi connectivity index (χ1v) is 8.93. The molecule has 8 heteroatoms. The van der Waals surface area contributed by atoms with Crippen molar-refractivity contribution in [2.45, 2.75) is 26.0 Å². The number of hydrogen-bond donors (Lipinski definition) is 2. The molecule has 1 aromatic carbocycles. The van der Waals surface area contributed by atoms with Gasteiger partial charge in [0.05, 0.1) is 5.75 Å². The van der Waals surface area contributed by atoms with Gasteiger partial charge >= 0.3 is 5.97 Å². The monoisotopic (exact) mass is 370 g/mol. The van der Waals surface area contributed by atoms with Gasteiger partial charge in [0, 0.05) is 12.2 Å². The summed E-state index contributed by atoms with van der Waals surface area (Å²) in [6.07, 6.45) is 0. The van der Waals surface area contributed by atoms with Crippen LogP contribution >= 0.6 is 11.8 Å². The Morgan fingerprint density at radius 2 is 1.76 bits per heavy atom. The summed E-state index contributed by atoms with van der Waals surface area (Å²) in [5, 5.41) is 4.66. The normalized spacial score (nSPS) is 11.7. The van der Waals surface area contributed by atoms with E-state index in [2.05, 4.69) is 10.6 Å². The zero-order valence-corrected chi connectivity index (χ0v) is 15.3. The highest BCUT2D eigenvalue weighted by molar-refractivity contribution is 8.01. The van der Waals surface area contributed by atoms with Gasteiger partial charge < -0.3 is 15.4 Å². The maximum absolute atomic E-state index is 12.8. The van der Waals surface area contributed by atoms with Crippen LogP contribution in [0, 0.1) is 11.7 Å². The van der Waals surface area contributed by atoms with Crippen molar-refractivity contribution < 1.29 is 23.5 Å². The highest BCUT2D eigenvalue weighted by Gasteiger charge is 2.18. The molecule has 0 bridgehead atoms. The van der Waals surface area contributed by atoms with Gasteiger partial charge in [-0.1, -0.05) is 13.8 Å². The van der Waals surface area contributed by atoms with Gasteiger partial charge in [0.2, 0.25) is 5.91 Å². The van der Waals surface area contributed by atoms with Crippen LogP contribution in [0.3, 0.4) is 0 Å². The number of anilines is 1. The van der Waals surface area contributed by atoms with E-state index < -0.39 is 11.2 Å². The number of halogens is 1. The van der Waals surface area contributed by atoms with E-state index >= 15 is 0 Å². The molecular weight excluding hydrogens is 347 g/mol. The van der Waals surface area contributed by atoms with Crippen LogP contribution in [-0.2, 0) is 19.1 Å². The standard InChI is InChI=1S/C17H23FN2O4S/c1-11(2)8-19-15(21)9-24-17(23)12(3)25-10-16(22)20-14-6-4-13(18)5-7-14/h4-7,11-12H,8-10H2,1-3H3,(H,19,21)(H,20,22)/t12-/m1/s1. The Morgan fingerprint density at radius 3 is 2.36 bits per heavy atom. The summed E-state index contributed by atoms with van der Waals surface area (Å²) >= 11 is 1.09. The van der Waals surface area contributed by atoms with E-state index in [0.29, 0.717) is 18.2 Å². The molecule has 0 saturated carbocycles. The molecule has 2 amide bonds. The van der Waals surface area contributed by atoms with Gasteiger partial charge in [-0.05, 0) is 37.1 Å². The minimum atomic E-state index is -0.586. The highest BCUT2D eigenvalue weighted by atomic mass is 32.2. The van der Waals surface area contributed by atoms with Gasteiger partial charge in [-0.15, -0.1) is 11.8 Å². The summed E-state index contributed by atoms with van der Waals surface area (Å²) in [7, 11) is 0. The van der Waals surface area contributed by atoms with Gasteiger partial charge in [-0.2, -0.15) is 0 Å². The quantitative estimate of drug-likeness (QED) is 0.651. The van der Waals surface area contributed by atoms with E-state index in [1.54, 1.807) is 6.92 Å². The first kappa shape index (κ1) is 21.0. The lowest BCUT2D eigenvalue weighted by molar-refractivity contribution is -0.147. The Labute approximate surface area is 150 Å². The van der Waals surface area contributed by atoms with Crippen molar-refractivity contribution in [1.82, 2.24) is 5.32 Å². The molecule has 0 aromatic heterocycles. The third kappa shape index (κ3) is 9.09. The minimum Gasteiger partial charge on any atom is -0.455 e. The summed E-state index contributed by atoms with van der Waals surface area (Å²) in [6.45, 7) is 5.71. The first-order valence-electron chi connectivity index (χ1n) is 7.88. The fourth-order valence-corrected chi connectivity index (χ4v) is 2.30. The van der Waals surface area contributed by atoms with Crippen LogP contribution in [0.1, 0.15) is 20.8 Å². The van der Waals surface area contributed by atoms with Crippen LogP contribution in [0.15, 0.2) is 24.3 Å². The molecule has 0 heterocycles. The molecule has 0 saturated heterocycles. The van der Waals surface area contributed by atoms with E-state index in [9.17, 15) is 18.8 Å². The lowest BCUT2D eigenvalue weighted by Gasteiger charge is -2.12. The number of amides is 2. The topological polar surface area (TPSA) is 84.5 Å². The van der Waals surface area contributed by atoms with Gasteiger partial charge in [-0.25, -0.2) is 4.39 Å². The van der Waals surface area contributed by atoms with Crippen LogP contribution in [0.4, 0.5) is 10.1 Å². The average molecular weight is 370 g/mol. The molecular formula is C17H23FN2O4S. The van der Waals surface area contributed by atoms with Crippen molar-refractivity contribution in [3.63, 3.8) is 0 Å². The number of esters is 1. The predicted molar refractivity (Wildman–Crippen MR) is 95.8 cm³/mol. The molecule has 1 aromatic rings. The molecule has 0 aliphatic carbocycles. The fraction of sp³-hybridized carbons (Fsp3) is 0.471. The third-order valence-electron chi connectivity index (χ3n) is 2.98. The summed E-state index contributed by atoms with van der Waals surface area (Å²) in [5.41, 5.74) is 0.476. The lowest BCUT2D eigenvalue weighted by Crippen LogP contribution is -2.33. The summed E-state index contributed by atoms with van der Waals surface area (Å²) in [6, 6.07) is 5.39. The van der Waals surface area contributed by atoms with Gasteiger partial charge in [0.15, 0.2) is 6.61 Å². The van der Waals surface area contributed by atoms with Crippen LogP contribution in [0.2, 0.25) is 0 Å². The number of carbonyl (C=O) groups excluding carboxylic acids is 3.